The maximum atomic E-state index is 11.4. The molecule has 36 heavy (non-hydrogen) atoms. The van der Waals surface area contributed by atoms with Crippen molar-refractivity contribution in [3.8, 4) is 33.4 Å². The Morgan fingerprint density at radius 3 is 1.00 bits per heavy atom. The largest absolute Gasteiger partial charge is 0.255 e. The molecule has 5 aromatic carbocycles. The minimum absolute atomic E-state index is 0.106. The van der Waals surface area contributed by atoms with Crippen LogP contribution in [0.4, 0.5) is 0 Å². The molecule has 5 rings (SSSR count). The molecule has 2 unspecified atom stereocenters. The number of hydrogen-bond acceptors (Lipinski definition) is 1. The Bertz CT molecular complexity index is 1420. The van der Waals surface area contributed by atoms with Crippen LogP contribution in [0.5, 0.6) is 0 Å². The van der Waals surface area contributed by atoms with Crippen LogP contribution in [-0.2, 0) is 10.8 Å². The van der Waals surface area contributed by atoms with E-state index in [0.29, 0.717) is 0 Å². The molecule has 0 aliphatic heterocycles. The van der Waals surface area contributed by atoms with Crippen LogP contribution in [0.25, 0.3) is 33.4 Å². The molecule has 0 aromatic heterocycles. The average molecular weight is 507 g/mol. The Balaban J connectivity index is 0.000000179. The molecule has 0 amide bonds. The third kappa shape index (κ3) is 6.78. The average Bonchev–Trinajstić information content (AvgIpc) is 2.94. The van der Waals surface area contributed by atoms with Gasteiger partial charge >= 0.3 is 0 Å². The molecule has 5 aromatic rings. The monoisotopic (exact) mass is 506 g/mol. The van der Waals surface area contributed by atoms with Crippen LogP contribution in [-0.4, -0.2) is 22.6 Å². The van der Waals surface area contributed by atoms with Crippen molar-refractivity contribution in [2.45, 2.75) is 9.79 Å². The van der Waals surface area contributed by atoms with Gasteiger partial charge in [-0.05, 0) is 63.9 Å². The zero-order valence-corrected chi connectivity index (χ0v) is 22.3. The molecule has 1 nitrogen and oxygen atoms in total. The van der Waals surface area contributed by atoms with Gasteiger partial charge in [-0.1, -0.05) is 115 Å². The van der Waals surface area contributed by atoms with E-state index in [1.165, 1.54) is 32.7 Å². The quantitative estimate of drug-likeness (QED) is 0.218. The fraction of sp³-hybridized carbons (Fsp3) is 0.0606. The smallest absolute Gasteiger partial charge is 0.0498 e. The fourth-order valence-corrected chi connectivity index (χ4v) is 4.96. The Morgan fingerprint density at radius 2 is 0.694 bits per heavy atom. The second-order valence-corrected chi connectivity index (χ2v) is 11.6. The highest BCUT2D eigenvalue weighted by molar-refractivity contribution is 8.13. The molecule has 0 heterocycles. The summed E-state index contributed by atoms with van der Waals surface area (Å²) in [5, 5.41) is 0. The molecule has 0 spiro atoms. The zero-order chi connectivity index (χ0) is 25.3. The highest BCUT2D eigenvalue weighted by Gasteiger charge is 2.02. The SMILES string of the molecule is C=S(C)c1ccc(-c2ccccc2)cc1.CS(=O)c1ccc(-c2ccc(-c3ccccc3)cc2)cc1. The summed E-state index contributed by atoms with van der Waals surface area (Å²) in [6, 6.07) is 45.9. The highest BCUT2D eigenvalue weighted by atomic mass is 32.2. The molecular weight excluding hydrogens is 476 g/mol. The topological polar surface area (TPSA) is 17.1 Å². The summed E-state index contributed by atoms with van der Waals surface area (Å²) in [7, 11) is -0.816. The van der Waals surface area contributed by atoms with Gasteiger partial charge in [0.1, 0.15) is 0 Å². The van der Waals surface area contributed by atoms with Gasteiger partial charge in [0.05, 0.1) is 0 Å². The van der Waals surface area contributed by atoms with E-state index in [1.807, 2.05) is 48.5 Å². The third-order valence-corrected chi connectivity index (χ3v) is 7.89. The van der Waals surface area contributed by atoms with E-state index in [-0.39, 0.29) is 10.5 Å². The minimum Gasteiger partial charge on any atom is -0.255 e. The van der Waals surface area contributed by atoms with Crippen molar-refractivity contribution >= 4 is 27.2 Å². The van der Waals surface area contributed by atoms with E-state index >= 15 is 0 Å². The van der Waals surface area contributed by atoms with Crippen LogP contribution in [0.3, 0.4) is 0 Å². The highest BCUT2D eigenvalue weighted by Crippen LogP contribution is 2.26. The summed E-state index contributed by atoms with van der Waals surface area (Å²) in [5.41, 5.74) is 7.28. The van der Waals surface area contributed by atoms with Gasteiger partial charge in [0.25, 0.3) is 0 Å². The number of hydrogen-bond donors (Lipinski definition) is 0. The first-order valence-electron chi connectivity index (χ1n) is 11.7. The summed E-state index contributed by atoms with van der Waals surface area (Å²) in [5.74, 6) is 4.04. The van der Waals surface area contributed by atoms with E-state index in [4.69, 9.17) is 0 Å². The van der Waals surface area contributed by atoms with Crippen molar-refractivity contribution in [2.75, 3.05) is 12.5 Å². The first-order chi connectivity index (χ1) is 17.5. The lowest BCUT2D eigenvalue weighted by atomic mass is 10.0. The predicted octanol–water partition coefficient (Wildman–Crippen LogP) is 8.80. The van der Waals surface area contributed by atoms with Crippen molar-refractivity contribution in [1.82, 2.24) is 0 Å². The molecule has 0 aliphatic rings. The maximum Gasteiger partial charge on any atom is 0.0498 e. The molecular formula is C33H30OS2. The normalized spacial score (nSPS) is 12.2. The van der Waals surface area contributed by atoms with Gasteiger partial charge in [-0.2, -0.15) is 10.5 Å². The Hall–Kier alpha value is -3.53. The maximum absolute atomic E-state index is 11.4. The molecule has 0 aliphatic carbocycles. The molecule has 180 valence electrons. The lowest BCUT2D eigenvalue weighted by molar-refractivity contribution is 0.687. The molecule has 0 saturated heterocycles. The predicted molar refractivity (Wildman–Crippen MR) is 160 cm³/mol. The lowest BCUT2D eigenvalue weighted by Gasteiger charge is -2.05. The van der Waals surface area contributed by atoms with Gasteiger partial charge in [0.2, 0.25) is 0 Å². The lowest BCUT2D eigenvalue weighted by Crippen LogP contribution is -1.87. The summed E-state index contributed by atoms with van der Waals surface area (Å²) in [4.78, 5) is 2.18. The molecule has 3 heteroatoms. The second kappa shape index (κ2) is 12.4. The van der Waals surface area contributed by atoms with E-state index < -0.39 is 10.8 Å². The van der Waals surface area contributed by atoms with E-state index in [0.717, 1.165) is 10.5 Å². The molecule has 2 atom stereocenters. The van der Waals surface area contributed by atoms with Gasteiger partial charge < -0.3 is 0 Å². The molecule has 0 fully saturated rings. The van der Waals surface area contributed by atoms with E-state index in [2.05, 4.69) is 97.1 Å². The van der Waals surface area contributed by atoms with Crippen molar-refractivity contribution in [1.29, 1.82) is 0 Å². The van der Waals surface area contributed by atoms with Gasteiger partial charge in [-0.3, -0.25) is 4.21 Å². The minimum atomic E-state index is -0.922. The van der Waals surface area contributed by atoms with Crippen molar-refractivity contribution in [3.63, 3.8) is 0 Å². The molecule has 0 bridgehead atoms. The molecule has 0 radical (unpaired) electrons. The van der Waals surface area contributed by atoms with Crippen molar-refractivity contribution in [2.24, 2.45) is 0 Å². The second-order valence-electron chi connectivity index (χ2n) is 8.45. The number of rotatable bonds is 5. The van der Waals surface area contributed by atoms with Crippen LogP contribution < -0.4 is 0 Å². The van der Waals surface area contributed by atoms with Crippen molar-refractivity contribution in [3.05, 3.63) is 133 Å². The Kier molecular flexibility index (Phi) is 8.83. The molecule has 0 N–H and O–H groups in total. The summed E-state index contributed by atoms with van der Waals surface area (Å²) in [6.45, 7) is 0. The fourth-order valence-electron chi connectivity index (χ4n) is 3.84. The van der Waals surface area contributed by atoms with E-state index in [1.54, 1.807) is 6.26 Å². The van der Waals surface area contributed by atoms with Gasteiger partial charge in [0, 0.05) is 26.8 Å². The standard InChI is InChI=1S/C19H16OS.C14H14S/c1-21(20)19-13-11-18(12-14-19)17-9-7-16(8-10-17)15-5-3-2-4-6-15;1-15(2)14-10-8-13(9-11-14)12-6-4-3-5-7-12/h2-14H,1H3;3-11H,1H2,2H3. The Labute approximate surface area is 219 Å². The third-order valence-electron chi connectivity index (χ3n) is 5.88. The van der Waals surface area contributed by atoms with Crippen LogP contribution >= 0.6 is 10.5 Å². The van der Waals surface area contributed by atoms with Gasteiger partial charge in [-0.25, -0.2) is 0 Å². The Morgan fingerprint density at radius 1 is 0.417 bits per heavy atom. The zero-order valence-electron chi connectivity index (χ0n) is 20.6. The summed E-state index contributed by atoms with van der Waals surface area (Å²) >= 11 is 0. The first-order valence-corrected chi connectivity index (χ1v) is 15.1. The number of benzene rings is 5. The molecule has 0 saturated carbocycles. The van der Waals surface area contributed by atoms with Crippen LogP contribution in [0.15, 0.2) is 143 Å². The first kappa shape index (κ1) is 25.6. The van der Waals surface area contributed by atoms with Crippen molar-refractivity contribution < 1.29 is 4.21 Å². The van der Waals surface area contributed by atoms with Gasteiger partial charge in [-0.15, -0.1) is 0 Å². The summed E-state index contributed by atoms with van der Waals surface area (Å²) in [6.07, 6.45) is 3.83. The van der Waals surface area contributed by atoms with Gasteiger partial charge in [0.15, 0.2) is 0 Å². The van der Waals surface area contributed by atoms with Crippen LogP contribution in [0.2, 0.25) is 0 Å². The van der Waals surface area contributed by atoms with Crippen LogP contribution in [0.1, 0.15) is 0 Å². The van der Waals surface area contributed by atoms with E-state index in [9.17, 15) is 4.21 Å². The summed E-state index contributed by atoms with van der Waals surface area (Å²) < 4.78 is 11.4. The van der Waals surface area contributed by atoms with Crippen LogP contribution in [0, 0.1) is 0 Å².